The molecule has 0 bridgehead atoms. The van der Waals surface area contributed by atoms with Crippen molar-refractivity contribution in [3.63, 3.8) is 0 Å². The Bertz CT molecular complexity index is 524. The van der Waals surface area contributed by atoms with Crippen LogP contribution in [0.3, 0.4) is 0 Å². The second kappa shape index (κ2) is 6.12. The molecular formula is C18H24BrNO. The summed E-state index contributed by atoms with van der Waals surface area (Å²) in [6.07, 6.45) is 9.33. The molecule has 1 saturated carbocycles. The molecule has 1 aromatic rings. The van der Waals surface area contributed by atoms with Crippen molar-refractivity contribution in [2.24, 2.45) is 5.41 Å². The molecule has 114 valence electrons. The van der Waals surface area contributed by atoms with Crippen LogP contribution in [0.1, 0.15) is 60.9 Å². The summed E-state index contributed by atoms with van der Waals surface area (Å²) in [6.45, 7) is 3.90. The van der Waals surface area contributed by atoms with E-state index in [1.165, 1.54) is 44.9 Å². The molecule has 0 N–H and O–H groups in total. The first-order valence-electron chi connectivity index (χ1n) is 8.15. The van der Waals surface area contributed by atoms with Gasteiger partial charge in [-0.15, -0.1) is 0 Å². The van der Waals surface area contributed by atoms with E-state index in [1.54, 1.807) is 0 Å². The molecule has 0 aromatic heterocycles. The third-order valence-electron chi connectivity index (χ3n) is 5.38. The summed E-state index contributed by atoms with van der Waals surface area (Å²) in [4.78, 5) is 14.8. The van der Waals surface area contributed by atoms with Crippen LogP contribution in [-0.4, -0.2) is 23.9 Å². The highest BCUT2D eigenvalue weighted by Gasteiger charge is 2.36. The molecule has 3 rings (SSSR count). The number of benzene rings is 1. The van der Waals surface area contributed by atoms with E-state index in [2.05, 4.69) is 20.8 Å². The van der Waals surface area contributed by atoms with Crippen molar-refractivity contribution in [2.75, 3.05) is 13.1 Å². The zero-order chi connectivity index (χ0) is 14.9. The van der Waals surface area contributed by atoms with Crippen LogP contribution in [0.4, 0.5) is 0 Å². The van der Waals surface area contributed by atoms with Gasteiger partial charge in [0.25, 0.3) is 5.91 Å². The number of hydrogen-bond acceptors (Lipinski definition) is 1. The minimum Gasteiger partial charge on any atom is -0.339 e. The van der Waals surface area contributed by atoms with Crippen LogP contribution in [0.25, 0.3) is 0 Å². The Morgan fingerprint density at radius 3 is 2.43 bits per heavy atom. The van der Waals surface area contributed by atoms with Crippen molar-refractivity contribution >= 4 is 21.8 Å². The second-order valence-corrected chi connectivity index (χ2v) is 7.69. The fourth-order valence-corrected chi connectivity index (χ4v) is 4.38. The molecular weight excluding hydrogens is 326 g/mol. The van der Waals surface area contributed by atoms with E-state index < -0.39 is 0 Å². The molecule has 1 spiro atoms. The lowest BCUT2D eigenvalue weighted by Crippen LogP contribution is -2.44. The highest BCUT2D eigenvalue weighted by molar-refractivity contribution is 9.10. The van der Waals surface area contributed by atoms with Crippen molar-refractivity contribution < 1.29 is 4.79 Å². The van der Waals surface area contributed by atoms with Gasteiger partial charge in [0.15, 0.2) is 0 Å². The summed E-state index contributed by atoms with van der Waals surface area (Å²) in [5.41, 5.74) is 2.51. The summed E-state index contributed by atoms with van der Waals surface area (Å²) >= 11 is 3.52. The molecule has 2 aliphatic rings. The summed E-state index contributed by atoms with van der Waals surface area (Å²) in [5, 5.41) is 0. The first-order chi connectivity index (χ1) is 10.1. The largest absolute Gasteiger partial charge is 0.339 e. The summed E-state index contributed by atoms with van der Waals surface area (Å²) in [6, 6.07) is 6.01. The fourth-order valence-electron chi connectivity index (χ4n) is 3.96. The molecule has 3 heteroatoms. The molecule has 1 aliphatic carbocycles. The first-order valence-corrected chi connectivity index (χ1v) is 8.94. The second-order valence-electron chi connectivity index (χ2n) is 6.84. The van der Waals surface area contributed by atoms with E-state index >= 15 is 0 Å². The van der Waals surface area contributed by atoms with E-state index in [0.29, 0.717) is 5.41 Å². The molecule has 0 unspecified atom stereocenters. The molecule has 1 aliphatic heterocycles. The number of halogens is 1. The topological polar surface area (TPSA) is 20.3 Å². The van der Waals surface area contributed by atoms with Crippen LogP contribution in [0.15, 0.2) is 22.7 Å². The number of aryl methyl sites for hydroxylation is 1. The first kappa shape index (κ1) is 15.1. The molecule has 2 nitrogen and oxygen atoms in total. The molecule has 2 fully saturated rings. The van der Waals surface area contributed by atoms with Gasteiger partial charge in [-0.1, -0.05) is 30.9 Å². The van der Waals surface area contributed by atoms with Gasteiger partial charge in [0.05, 0.1) is 5.56 Å². The predicted octanol–water partition coefficient (Wildman–Crippen LogP) is 4.94. The zero-order valence-electron chi connectivity index (χ0n) is 12.8. The van der Waals surface area contributed by atoms with Crippen LogP contribution in [0.2, 0.25) is 0 Å². The lowest BCUT2D eigenvalue weighted by Gasteiger charge is -2.44. The van der Waals surface area contributed by atoms with Crippen molar-refractivity contribution in [3.05, 3.63) is 33.8 Å². The normalized spacial score (nSPS) is 21.5. The quantitative estimate of drug-likeness (QED) is 0.702. The summed E-state index contributed by atoms with van der Waals surface area (Å²) in [7, 11) is 0. The lowest BCUT2D eigenvalue weighted by atomic mass is 9.68. The number of hydrogen-bond donors (Lipinski definition) is 0. The third-order valence-corrected chi connectivity index (χ3v) is 6.07. The minimum absolute atomic E-state index is 0.191. The SMILES string of the molecule is Cc1ccc(Br)c(C(=O)N2CCC3(CCCCC3)CC2)c1. The standard InChI is InChI=1S/C18H24BrNO/c1-14-5-6-16(19)15(13-14)17(21)20-11-9-18(10-12-20)7-3-2-4-8-18/h5-6,13H,2-4,7-12H2,1H3. The van der Waals surface area contributed by atoms with E-state index in [9.17, 15) is 4.79 Å². The third kappa shape index (κ3) is 3.18. The number of nitrogens with zero attached hydrogens (tertiary/aromatic N) is 1. The van der Waals surface area contributed by atoms with Crippen molar-refractivity contribution in [2.45, 2.75) is 51.9 Å². The Balaban J connectivity index is 1.69. The number of carbonyl (C=O) groups is 1. The molecule has 1 aromatic carbocycles. The highest BCUT2D eigenvalue weighted by atomic mass is 79.9. The average Bonchev–Trinajstić information content (AvgIpc) is 2.51. The molecule has 1 saturated heterocycles. The van der Waals surface area contributed by atoms with Gasteiger partial charge in [-0.05, 0) is 66.1 Å². The number of rotatable bonds is 1. The fraction of sp³-hybridized carbons (Fsp3) is 0.611. The van der Waals surface area contributed by atoms with Crippen molar-refractivity contribution in [1.82, 2.24) is 4.90 Å². The monoisotopic (exact) mass is 349 g/mol. The number of carbonyl (C=O) groups excluding carboxylic acids is 1. The van der Waals surface area contributed by atoms with Crippen LogP contribution in [-0.2, 0) is 0 Å². The number of amides is 1. The smallest absolute Gasteiger partial charge is 0.255 e. The van der Waals surface area contributed by atoms with Crippen molar-refractivity contribution in [1.29, 1.82) is 0 Å². The van der Waals surface area contributed by atoms with Crippen molar-refractivity contribution in [3.8, 4) is 0 Å². The molecule has 1 amide bonds. The van der Waals surface area contributed by atoms with Gasteiger partial charge in [0.1, 0.15) is 0 Å². The number of likely N-dealkylation sites (tertiary alicyclic amines) is 1. The molecule has 1 heterocycles. The summed E-state index contributed by atoms with van der Waals surface area (Å²) in [5.74, 6) is 0.191. The Morgan fingerprint density at radius 1 is 1.10 bits per heavy atom. The van der Waals surface area contributed by atoms with E-state index in [4.69, 9.17) is 0 Å². The van der Waals surface area contributed by atoms with E-state index in [0.717, 1.165) is 28.7 Å². The minimum atomic E-state index is 0.191. The van der Waals surface area contributed by atoms with Gasteiger partial charge in [0, 0.05) is 17.6 Å². The number of piperidine rings is 1. The Hall–Kier alpha value is -0.830. The maximum Gasteiger partial charge on any atom is 0.255 e. The Kier molecular flexibility index (Phi) is 4.39. The van der Waals surface area contributed by atoms with Gasteiger partial charge in [-0.3, -0.25) is 4.79 Å². The van der Waals surface area contributed by atoms with Gasteiger partial charge < -0.3 is 4.90 Å². The maximum absolute atomic E-state index is 12.7. The Morgan fingerprint density at radius 2 is 1.76 bits per heavy atom. The predicted molar refractivity (Wildman–Crippen MR) is 89.5 cm³/mol. The summed E-state index contributed by atoms with van der Waals surface area (Å²) < 4.78 is 0.913. The van der Waals surface area contributed by atoms with Gasteiger partial charge >= 0.3 is 0 Å². The van der Waals surface area contributed by atoms with Crippen LogP contribution >= 0.6 is 15.9 Å². The average molecular weight is 350 g/mol. The Labute approximate surface area is 136 Å². The van der Waals surface area contributed by atoms with E-state index in [1.807, 2.05) is 25.1 Å². The zero-order valence-corrected chi connectivity index (χ0v) is 14.4. The van der Waals surface area contributed by atoms with Crippen LogP contribution in [0, 0.1) is 12.3 Å². The van der Waals surface area contributed by atoms with Gasteiger partial charge in [0.2, 0.25) is 0 Å². The lowest BCUT2D eigenvalue weighted by molar-refractivity contribution is 0.0471. The van der Waals surface area contributed by atoms with Crippen LogP contribution < -0.4 is 0 Å². The molecule has 21 heavy (non-hydrogen) atoms. The maximum atomic E-state index is 12.7. The van der Waals surface area contributed by atoms with E-state index in [-0.39, 0.29) is 5.91 Å². The van der Waals surface area contributed by atoms with Crippen LogP contribution in [0.5, 0.6) is 0 Å². The van der Waals surface area contributed by atoms with Gasteiger partial charge in [-0.25, -0.2) is 0 Å². The molecule has 0 atom stereocenters. The van der Waals surface area contributed by atoms with Gasteiger partial charge in [-0.2, -0.15) is 0 Å². The highest BCUT2D eigenvalue weighted by Crippen LogP contribution is 2.44. The molecule has 0 radical (unpaired) electrons.